The van der Waals surface area contributed by atoms with Crippen molar-refractivity contribution >= 4 is 23.0 Å². The van der Waals surface area contributed by atoms with Crippen LogP contribution in [0.15, 0.2) is 54.6 Å². The molecule has 3 aromatic rings. The van der Waals surface area contributed by atoms with E-state index in [-0.39, 0.29) is 11.5 Å². The quantitative estimate of drug-likeness (QED) is 0.568. The fourth-order valence-corrected chi connectivity index (χ4v) is 2.66. The van der Waals surface area contributed by atoms with Crippen LogP contribution in [0.5, 0.6) is 5.75 Å². The van der Waals surface area contributed by atoms with Gasteiger partial charge in [0, 0.05) is 6.07 Å². The Balaban J connectivity index is 1.90. The first kappa shape index (κ1) is 19.5. The molecule has 2 N–H and O–H groups in total. The highest BCUT2D eigenvalue weighted by Crippen LogP contribution is 2.36. The van der Waals surface area contributed by atoms with Gasteiger partial charge in [0.25, 0.3) is 0 Å². The van der Waals surface area contributed by atoms with Gasteiger partial charge in [-0.3, -0.25) is 0 Å². The van der Waals surface area contributed by atoms with Crippen LogP contribution in [0, 0.1) is 6.92 Å². The predicted molar refractivity (Wildman–Crippen MR) is 102 cm³/mol. The number of aryl methyl sites for hydroxylation is 1. The Bertz CT molecular complexity index is 960. The van der Waals surface area contributed by atoms with Crippen LogP contribution in [0.1, 0.15) is 18.3 Å². The van der Waals surface area contributed by atoms with Crippen molar-refractivity contribution in [1.82, 2.24) is 9.97 Å². The molecule has 8 heteroatoms. The lowest BCUT2D eigenvalue weighted by atomic mass is 10.1. The fourth-order valence-electron chi connectivity index (χ4n) is 2.66. The molecule has 0 aliphatic heterocycles. The molecule has 1 aromatic heterocycles. The van der Waals surface area contributed by atoms with Crippen LogP contribution < -0.4 is 15.4 Å². The van der Waals surface area contributed by atoms with Crippen molar-refractivity contribution in [3.05, 3.63) is 66.0 Å². The molecule has 0 saturated carbocycles. The molecule has 0 spiro atoms. The second kappa shape index (κ2) is 8.16. The van der Waals surface area contributed by atoms with E-state index in [1.54, 1.807) is 13.0 Å². The lowest BCUT2D eigenvalue weighted by Gasteiger charge is -2.15. The Morgan fingerprint density at radius 3 is 2.11 bits per heavy atom. The Kier molecular flexibility index (Phi) is 5.67. The van der Waals surface area contributed by atoms with Gasteiger partial charge >= 0.3 is 6.18 Å². The minimum Gasteiger partial charge on any atom is -0.492 e. The SMILES string of the molecule is CCOc1ccccc1Nc1cc(Nc2ccccc2C(F)(F)F)nc(C)n1. The van der Waals surface area contributed by atoms with Crippen molar-refractivity contribution in [1.29, 1.82) is 0 Å². The van der Waals surface area contributed by atoms with E-state index in [1.807, 2.05) is 31.2 Å². The minimum atomic E-state index is -4.47. The lowest BCUT2D eigenvalue weighted by Crippen LogP contribution is -2.09. The third-order valence-corrected chi connectivity index (χ3v) is 3.78. The van der Waals surface area contributed by atoms with Crippen molar-refractivity contribution in [2.75, 3.05) is 17.2 Å². The number of anilines is 4. The second-order valence-corrected chi connectivity index (χ2v) is 5.91. The number of para-hydroxylation sites is 3. The number of alkyl halides is 3. The highest BCUT2D eigenvalue weighted by molar-refractivity contribution is 5.68. The maximum atomic E-state index is 13.2. The van der Waals surface area contributed by atoms with Gasteiger partial charge in [-0.25, -0.2) is 9.97 Å². The van der Waals surface area contributed by atoms with Crippen LogP contribution in [0.3, 0.4) is 0 Å². The summed E-state index contributed by atoms with van der Waals surface area (Å²) in [4.78, 5) is 8.50. The van der Waals surface area contributed by atoms with Gasteiger partial charge < -0.3 is 15.4 Å². The molecule has 0 amide bonds. The van der Waals surface area contributed by atoms with Crippen molar-refractivity contribution in [3.8, 4) is 5.75 Å². The van der Waals surface area contributed by atoms with Crippen LogP contribution in [0.2, 0.25) is 0 Å². The highest BCUT2D eigenvalue weighted by Gasteiger charge is 2.33. The first-order valence-electron chi connectivity index (χ1n) is 8.64. The van der Waals surface area contributed by atoms with Crippen LogP contribution in [-0.4, -0.2) is 16.6 Å². The number of nitrogens with zero attached hydrogens (tertiary/aromatic N) is 2. The summed E-state index contributed by atoms with van der Waals surface area (Å²) in [5.41, 5.74) is -0.139. The molecule has 146 valence electrons. The minimum absolute atomic E-state index is 0.0752. The Morgan fingerprint density at radius 1 is 0.893 bits per heavy atom. The van der Waals surface area contributed by atoms with E-state index < -0.39 is 11.7 Å². The van der Waals surface area contributed by atoms with Crippen molar-refractivity contribution < 1.29 is 17.9 Å². The summed E-state index contributed by atoms with van der Waals surface area (Å²) in [5.74, 6) is 1.75. The van der Waals surface area contributed by atoms with E-state index in [0.29, 0.717) is 29.7 Å². The molecular weight excluding hydrogens is 369 g/mol. The molecule has 0 atom stereocenters. The predicted octanol–water partition coefficient (Wildman–Crippen LogP) is 5.69. The number of ether oxygens (including phenoxy) is 1. The number of nitrogens with one attached hydrogen (secondary N) is 2. The second-order valence-electron chi connectivity index (χ2n) is 5.91. The van der Waals surface area contributed by atoms with E-state index in [1.165, 1.54) is 18.2 Å². The van der Waals surface area contributed by atoms with E-state index in [4.69, 9.17) is 4.74 Å². The molecular formula is C20H19F3N4O. The smallest absolute Gasteiger partial charge is 0.418 e. The largest absolute Gasteiger partial charge is 0.492 e. The number of hydrogen-bond donors (Lipinski definition) is 2. The summed E-state index contributed by atoms with van der Waals surface area (Å²) in [7, 11) is 0. The van der Waals surface area contributed by atoms with Gasteiger partial charge in [0.2, 0.25) is 0 Å². The third kappa shape index (κ3) is 4.70. The highest BCUT2D eigenvalue weighted by atomic mass is 19.4. The maximum absolute atomic E-state index is 13.2. The van der Waals surface area contributed by atoms with E-state index in [2.05, 4.69) is 20.6 Å². The summed E-state index contributed by atoms with van der Waals surface area (Å²) in [6, 6.07) is 14.1. The molecule has 2 aromatic carbocycles. The summed E-state index contributed by atoms with van der Waals surface area (Å²) in [6.07, 6.45) is -4.47. The molecule has 0 radical (unpaired) electrons. The monoisotopic (exact) mass is 388 g/mol. The topological polar surface area (TPSA) is 59.1 Å². The molecule has 1 heterocycles. The summed E-state index contributed by atoms with van der Waals surface area (Å²) in [5, 5.41) is 5.87. The lowest BCUT2D eigenvalue weighted by molar-refractivity contribution is -0.136. The van der Waals surface area contributed by atoms with Gasteiger partial charge in [0.15, 0.2) is 0 Å². The third-order valence-electron chi connectivity index (χ3n) is 3.78. The van der Waals surface area contributed by atoms with E-state index >= 15 is 0 Å². The first-order valence-corrected chi connectivity index (χ1v) is 8.64. The summed E-state index contributed by atoms with van der Waals surface area (Å²) < 4.78 is 45.2. The molecule has 0 aliphatic rings. The Hall–Kier alpha value is -3.29. The van der Waals surface area contributed by atoms with Gasteiger partial charge in [0.05, 0.1) is 23.5 Å². The molecule has 0 unspecified atom stereocenters. The van der Waals surface area contributed by atoms with Crippen LogP contribution in [0.4, 0.5) is 36.2 Å². The van der Waals surface area contributed by atoms with Crippen molar-refractivity contribution in [3.63, 3.8) is 0 Å². The molecule has 0 saturated heterocycles. The normalized spacial score (nSPS) is 11.2. The number of benzene rings is 2. The maximum Gasteiger partial charge on any atom is 0.418 e. The summed E-state index contributed by atoms with van der Waals surface area (Å²) >= 11 is 0. The zero-order chi connectivity index (χ0) is 20.1. The van der Waals surface area contributed by atoms with Gasteiger partial charge in [-0.2, -0.15) is 13.2 Å². The van der Waals surface area contributed by atoms with Crippen molar-refractivity contribution in [2.24, 2.45) is 0 Å². The van der Waals surface area contributed by atoms with Gasteiger partial charge in [0.1, 0.15) is 23.2 Å². The molecule has 3 rings (SSSR count). The number of halogens is 3. The average molecular weight is 388 g/mol. The van der Waals surface area contributed by atoms with E-state index in [9.17, 15) is 13.2 Å². The Morgan fingerprint density at radius 2 is 1.46 bits per heavy atom. The molecule has 0 fully saturated rings. The Labute approximate surface area is 160 Å². The average Bonchev–Trinajstić information content (AvgIpc) is 2.63. The van der Waals surface area contributed by atoms with Crippen LogP contribution >= 0.6 is 0 Å². The molecule has 5 nitrogen and oxygen atoms in total. The van der Waals surface area contributed by atoms with Crippen LogP contribution in [0.25, 0.3) is 0 Å². The van der Waals surface area contributed by atoms with E-state index in [0.717, 1.165) is 6.07 Å². The summed E-state index contributed by atoms with van der Waals surface area (Å²) in [6.45, 7) is 4.05. The molecule has 0 bridgehead atoms. The zero-order valence-electron chi connectivity index (χ0n) is 15.3. The van der Waals surface area contributed by atoms with Crippen molar-refractivity contribution in [2.45, 2.75) is 20.0 Å². The molecule has 0 aliphatic carbocycles. The van der Waals surface area contributed by atoms with Gasteiger partial charge in [-0.05, 0) is 38.1 Å². The van der Waals surface area contributed by atoms with Gasteiger partial charge in [-0.1, -0.05) is 24.3 Å². The number of rotatable bonds is 6. The fraction of sp³-hybridized carbons (Fsp3) is 0.200. The first-order chi connectivity index (χ1) is 13.4. The number of aromatic nitrogens is 2. The molecule has 28 heavy (non-hydrogen) atoms. The van der Waals surface area contributed by atoms with Gasteiger partial charge in [-0.15, -0.1) is 0 Å². The standard InChI is InChI=1S/C20H19F3N4O/c1-3-28-17-11-7-6-10-16(17)27-19-12-18(24-13(2)25-19)26-15-9-5-4-8-14(15)20(21,22)23/h4-12H,3H2,1-2H3,(H2,24,25,26,27). The number of hydrogen-bond acceptors (Lipinski definition) is 5. The zero-order valence-corrected chi connectivity index (χ0v) is 15.3. The van der Waals surface area contributed by atoms with Crippen LogP contribution in [-0.2, 0) is 6.18 Å².